The fourth-order valence-corrected chi connectivity index (χ4v) is 3.01. The maximum atomic E-state index is 13.6. The zero-order chi connectivity index (χ0) is 18.6. The largest absolute Gasteiger partial charge is 0.431 e. The molecule has 0 spiro atoms. The van der Waals surface area contributed by atoms with E-state index in [2.05, 4.69) is 4.99 Å². The van der Waals surface area contributed by atoms with E-state index >= 15 is 0 Å². The van der Waals surface area contributed by atoms with Crippen molar-refractivity contribution in [3.05, 3.63) is 0 Å². The number of hydrogen-bond donors (Lipinski definition) is 0. The molecule has 0 N–H and O–H groups in total. The predicted molar refractivity (Wildman–Crippen MR) is 74.2 cm³/mol. The van der Waals surface area contributed by atoms with E-state index < -0.39 is 36.8 Å². The third-order valence-electron chi connectivity index (χ3n) is 4.59. The summed E-state index contributed by atoms with van der Waals surface area (Å²) in [7, 11) is 1.65. The fraction of sp³-hybridized carbons (Fsp3) is 0.867. The maximum absolute atomic E-state index is 13.6. The summed E-state index contributed by atoms with van der Waals surface area (Å²) in [6, 6.07) is 1.94. The summed E-state index contributed by atoms with van der Waals surface area (Å²) in [5.74, 6) is -0.777. The molecule has 0 aromatic heterocycles. The minimum atomic E-state index is -6.02. The molecule has 0 aliphatic heterocycles. The van der Waals surface area contributed by atoms with E-state index in [4.69, 9.17) is 5.26 Å². The number of nitrogens with zero attached hydrogens (tertiary/aromatic N) is 2. The predicted octanol–water partition coefficient (Wildman–Crippen LogP) is 5.39. The van der Waals surface area contributed by atoms with Gasteiger partial charge in [-0.15, -0.1) is 0 Å². The lowest BCUT2D eigenvalue weighted by molar-refractivity contribution is -0.343. The molecule has 1 aliphatic carbocycles. The Morgan fingerprint density at radius 2 is 1.58 bits per heavy atom. The second-order valence-corrected chi connectivity index (χ2v) is 6.05. The summed E-state index contributed by atoms with van der Waals surface area (Å²) in [4.78, 5) is 4.05. The number of nitriles is 1. The molecule has 1 atom stereocenters. The van der Waals surface area contributed by atoms with Crippen LogP contribution >= 0.6 is 0 Å². The quantitative estimate of drug-likeness (QED) is 0.606. The van der Waals surface area contributed by atoms with Crippen molar-refractivity contribution in [3.63, 3.8) is 0 Å². The summed E-state index contributed by atoms with van der Waals surface area (Å²) in [6.45, 7) is 0. The number of halogens is 7. The van der Waals surface area contributed by atoms with Crippen LogP contribution in [0.4, 0.5) is 30.7 Å². The molecule has 1 aliphatic rings. The summed E-state index contributed by atoms with van der Waals surface area (Å²) < 4.78 is 88.4. The standard InChI is InChI=1S/C15H19F7N2/c1-24-12-6-4-10(5-7-12)11(9-23)3-2-8-13(16,14(17,18)19)15(20,21)22/h10-11H,2-8H2,1H3. The summed E-state index contributed by atoms with van der Waals surface area (Å²) in [5, 5.41) is 9.13. The first-order valence-corrected chi connectivity index (χ1v) is 7.62. The zero-order valence-corrected chi connectivity index (χ0v) is 13.1. The Balaban J connectivity index is 2.65. The molecule has 138 valence electrons. The van der Waals surface area contributed by atoms with Gasteiger partial charge in [-0.25, -0.2) is 4.39 Å². The molecule has 0 heterocycles. The van der Waals surface area contributed by atoms with E-state index in [9.17, 15) is 30.7 Å². The van der Waals surface area contributed by atoms with Crippen molar-refractivity contribution in [2.75, 3.05) is 7.05 Å². The Kier molecular flexibility index (Phi) is 6.65. The molecule has 0 aromatic carbocycles. The monoisotopic (exact) mass is 360 g/mol. The molecule has 0 bridgehead atoms. The average molecular weight is 360 g/mol. The van der Waals surface area contributed by atoms with Crippen LogP contribution < -0.4 is 0 Å². The van der Waals surface area contributed by atoms with Crippen LogP contribution in [0.2, 0.25) is 0 Å². The van der Waals surface area contributed by atoms with Gasteiger partial charge in [-0.2, -0.15) is 31.6 Å². The lowest BCUT2D eigenvalue weighted by Gasteiger charge is -2.31. The van der Waals surface area contributed by atoms with Gasteiger partial charge in [0.15, 0.2) is 0 Å². The zero-order valence-electron chi connectivity index (χ0n) is 13.1. The van der Waals surface area contributed by atoms with Crippen LogP contribution in [-0.4, -0.2) is 30.8 Å². The first-order valence-electron chi connectivity index (χ1n) is 7.62. The number of rotatable bonds is 5. The van der Waals surface area contributed by atoms with Crippen molar-refractivity contribution in [1.82, 2.24) is 0 Å². The molecule has 0 aromatic rings. The van der Waals surface area contributed by atoms with Crippen molar-refractivity contribution in [3.8, 4) is 6.07 Å². The molecule has 0 amide bonds. The fourth-order valence-electron chi connectivity index (χ4n) is 3.01. The number of aliphatic imine (C=N–C) groups is 1. The highest BCUT2D eigenvalue weighted by molar-refractivity contribution is 5.84. The Bertz CT molecular complexity index is 464. The highest BCUT2D eigenvalue weighted by atomic mass is 19.4. The molecular formula is C15H19F7N2. The van der Waals surface area contributed by atoms with Crippen molar-refractivity contribution < 1.29 is 30.7 Å². The van der Waals surface area contributed by atoms with Crippen molar-refractivity contribution >= 4 is 5.71 Å². The van der Waals surface area contributed by atoms with E-state index in [-0.39, 0.29) is 12.3 Å². The van der Waals surface area contributed by atoms with E-state index in [1.54, 1.807) is 7.05 Å². The molecule has 0 saturated heterocycles. The number of alkyl halides is 7. The average Bonchev–Trinajstić information content (AvgIpc) is 2.49. The van der Waals surface area contributed by atoms with Crippen molar-refractivity contribution in [2.45, 2.75) is 63.0 Å². The Labute approximate surface area is 135 Å². The lowest BCUT2D eigenvalue weighted by atomic mass is 9.77. The van der Waals surface area contributed by atoms with Gasteiger partial charge in [0.25, 0.3) is 5.67 Å². The van der Waals surface area contributed by atoms with Crippen molar-refractivity contribution in [2.24, 2.45) is 16.8 Å². The van der Waals surface area contributed by atoms with Gasteiger partial charge >= 0.3 is 12.4 Å². The first-order chi connectivity index (χ1) is 11.0. The minimum Gasteiger partial charge on any atom is -0.297 e. The second-order valence-electron chi connectivity index (χ2n) is 6.05. The highest BCUT2D eigenvalue weighted by Crippen LogP contribution is 2.49. The van der Waals surface area contributed by atoms with Gasteiger partial charge in [0, 0.05) is 18.7 Å². The SMILES string of the molecule is CN=C1CCC(C(C#N)CCCC(F)(C(F)(F)F)C(F)(F)F)CC1. The molecule has 2 nitrogen and oxygen atoms in total. The van der Waals surface area contributed by atoms with Gasteiger partial charge in [0.05, 0.1) is 6.07 Å². The lowest BCUT2D eigenvalue weighted by Crippen LogP contribution is -2.53. The number of hydrogen-bond acceptors (Lipinski definition) is 2. The molecule has 1 saturated carbocycles. The van der Waals surface area contributed by atoms with Gasteiger partial charge in [-0.05, 0) is 50.9 Å². The van der Waals surface area contributed by atoms with Crippen LogP contribution in [0.15, 0.2) is 4.99 Å². The van der Waals surface area contributed by atoms with Gasteiger partial charge in [-0.1, -0.05) is 0 Å². The van der Waals surface area contributed by atoms with Crippen LogP contribution in [0, 0.1) is 23.2 Å². The molecule has 24 heavy (non-hydrogen) atoms. The molecule has 1 unspecified atom stereocenters. The minimum absolute atomic E-state index is 0.105. The smallest absolute Gasteiger partial charge is 0.297 e. The third-order valence-corrected chi connectivity index (χ3v) is 4.59. The van der Waals surface area contributed by atoms with Crippen LogP contribution in [0.1, 0.15) is 44.9 Å². The van der Waals surface area contributed by atoms with Crippen LogP contribution in [0.25, 0.3) is 0 Å². The molecule has 1 rings (SSSR count). The van der Waals surface area contributed by atoms with Crippen LogP contribution in [-0.2, 0) is 0 Å². The van der Waals surface area contributed by atoms with Gasteiger partial charge in [-0.3, -0.25) is 4.99 Å². The topological polar surface area (TPSA) is 36.1 Å². The third kappa shape index (κ3) is 4.61. The van der Waals surface area contributed by atoms with Crippen LogP contribution in [0.3, 0.4) is 0 Å². The van der Waals surface area contributed by atoms with Gasteiger partial charge in [0.2, 0.25) is 0 Å². The van der Waals surface area contributed by atoms with E-state index in [0.29, 0.717) is 25.7 Å². The molecular weight excluding hydrogens is 341 g/mol. The maximum Gasteiger partial charge on any atom is 0.431 e. The van der Waals surface area contributed by atoms with Crippen LogP contribution in [0.5, 0.6) is 0 Å². The Morgan fingerprint density at radius 1 is 1.08 bits per heavy atom. The summed E-state index contributed by atoms with van der Waals surface area (Å²) >= 11 is 0. The molecule has 1 fully saturated rings. The highest BCUT2D eigenvalue weighted by Gasteiger charge is 2.71. The summed E-state index contributed by atoms with van der Waals surface area (Å²) in [6.07, 6.45) is -12.0. The normalized spacial score (nSPS) is 21.3. The van der Waals surface area contributed by atoms with E-state index in [1.807, 2.05) is 6.07 Å². The van der Waals surface area contributed by atoms with Crippen molar-refractivity contribution in [1.29, 1.82) is 5.26 Å². The van der Waals surface area contributed by atoms with Gasteiger partial charge in [0.1, 0.15) is 0 Å². The van der Waals surface area contributed by atoms with E-state index in [1.165, 1.54) is 0 Å². The Morgan fingerprint density at radius 3 is 1.96 bits per heavy atom. The summed E-state index contributed by atoms with van der Waals surface area (Å²) in [5.41, 5.74) is -4.24. The second kappa shape index (κ2) is 7.70. The molecule has 0 radical (unpaired) electrons. The first kappa shape index (κ1) is 20.7. The van der Waals surface area contributed by atoms with Gasteiger partial charge < -0.3 is 0 Å². The van der Waals surface area contributed by atoms with E-state index in [0.717, 1.165) is 5.71 Å². The Hall–Kier alpha value is -1.33. The molecule has 9 heteroatoms.